The monoisotopic (exact) mass is 608 g/mol. The quantitative estimate of drug-likeness (QED) is 0.212. The van der Waals surface area contributed by atoms with Gasteiger partial charge in [0.2, 0.25) is 0 Å². The topological polar surface area (TPSA) is 80.8 Å². The SMILES string of the molecule is Cc1cccc(COc2cccc(C(F)(F)F)c2-c2nc(-c3ccc(C#Cc4cccc(Cl)c4)cc3)nc(=O)[nH]2)n1.Cl. The van der Waals surface area contributed by atoms with Gasteiger partial charge in [-0.3, -0.25) is 9.97 Å². The molecule has 0 amide bonds. The van der Waals surface area contributed by atoms with Crippen LogP contribution in [0.4, 0.5) is 13.2 Å². The molecule has 0 radical (unpaired) electrons. The van der Waals surface area contributed by atoms with Gasteiger partial charge in [0.15, 0.2) is 5.82 Å². The summed E-state index contributed by atoms with van der Waals surface area (Å²) in [6.07, 6.45) is -4.75. The number of halogens is 5. The number of aromatic amines is 1. The zero-order chi connectivity index (χ0) is 29.0. The normalized spacial score (nSPS) is 10.8. The van der Waals surface area contributed by atoms with Gasteiger partial charge in [-0.05, 0) is 73.7 Å². The van der Waals surface area contributed by atoms with Gasteiger partial charge in [0.05, 0.1) is 16.8 Å². The predicted molar refractivity (Wildman–Crippen MR) is 157 cm³/mol. The van der Waals surface area contributed by atoms with E-state index in [4.69, 9.17) is 16.3 Å². The summed E-state index contributed by atoms with van der Waals surface area (Å²) in [5.74, 6) is 5.52. The molecule has 6 nitrogen and oxygen atoms in total. The molecular weight excluding hydrogens is 588 g/mol. The van der Waals surface area contributed by atoms with E-state index in [0.717, 1.165) is 17.3 Å². The maximum Gasteiger partial charge on any atom is 0.417 e. The second kappa shape index (κ2) is 12.9. The number of hydrogen-bond acceptors (Lipinski definition) is 5. The molecular formula is C31H21Cl2F3N4O2. The van der Waals surface area contributed by atoms with Crippen LogP contribution in [0.2, 0.25) is 5.02 Å². The number of pyridine rings is 1. The minimum atomic E-state index is -4.75. The number of alkyl halides is 3. The lowest BCUT2D eigenvalue weighted by atomic mass is 10.0. The minimum Gasteiger partial charge on any atom is -0.487 e. The maximum atomic E-state index is 14.1. The van der Waals surface area contributed by atoms with E-state index in [-0.39, 0.29) is 36.4 Å². The van der Waals surface area contributed by atoms with Crippen molar-refractivity contribution in [2.45, 2.75) is 19.7 Å². The van der Waals surface area contributed by atoms with E-state index in [1.165, 1.54) is 12.1 Å². The number of H-pyrrole nitrogens is 1. The number of hydrogen-bond donors (Lipinski definition) is 1. The van der Waals surface area contributed by atoms with E-state index in [2.05, 4.69) is 31.8 Å². The van der Waals surface area contributed by atoms with Crippen molar-refractivity contribution >= 4 is 24.0 Å². The largest absolute Gasteiger partial charge is 0.487 e. The molecule has 5 rings (SSSR count). The second-order valence-corrected chi connectivity index (χ2v) is 9.34. The second-order valence-electron chi connectivity index (χ2n) is 8.90. The Morgan fingerprint density at radius 2 is 1.60 bits per heavy atom. The van der Waals surface area contributed by atoms with Crippen LogP contribution in [0.3, 0.4) is 0 Å². The maximum absolute atomic E-state index is 14.1. The molecule has 0 bridgehead atoms. The highest BCUT2D eigenvalue weighted by Gasteiger charge is 2.36. The Bertz CT molecular complexity index is 1850. The van der Waals surface area contributed by atoms with Crippen LogP contribution < -0.4 is 10.4 Å². The first-order valence-corrected chi connectivity index (χ1v) is 12.7. The van der Waals surface area contributed by atoms with Gasteiger partial charge in [-0.1, -0.05) is 41.6 Å². The summed E-state index contributed by atoms with van der Waals surface area (Å²) in [4.78, 5) is 27.4. The van der Waals surface area contributed by atoms with Crippen LogP contribution in [0.5, 0.6) is 5.75 Å². The fraction of sp³-hybridized carbons (Fsp3) is 0.0968. The standard InChI is InChI=1S/C31H20ClF3N4O2.ClH/c1-19-5-2-8-24(36-19)18-41-26-10-4-9-25(31(33,34)35)27(26)29-37-28(38-30(40)39-29)22-15-13-20(14-16-22)11-12-21-6-3-7-23(32)17-21;/h2-10,13-17H,18H2,1H3,(H,37,38,39,40);1H. The molecule has 5 aromatic rings. The third kappa shape index (κ3) is 7.35. The summed E-state index contributed by atoms with van der Waals surface area (Å²) in [6, 6.07) is 22.6. The first kappa shape index (κ1) is 30.3. The van der Waals surface area contributed by atoms with E-state index >= 15 is 0 Å². The molecule has 1 N–H and O–H groups in total. The van der Waals surface area contributed by atoms with Gasteiger partial charge in [-0.2, -0.15) is 18.2 Å². The van der Waals surface area contributed by atoms with Crippen LogP contribution >= 0.6 is 24.0 Å². The van der Waals surface area contributed by atoms with E-state index in [9.17, 15) is 18.0 Å². The van der Waals surface area contributed by atoms with Crippen LogP contribution in [0.25, 0.3) is 22.8 Å². The lowest BCUT2D eigenvalue weighted by Gasteiger charge is -2.17. The summed E-state index contributed by atoms with van der Waals surface area (Å²) in [6.45, 7) is 1.71. The Morgan fingerprint density at radius 1 is 0.881 bits per heavy atom. The third-order valence-corrected chi connectivity index (χ3v) is 6.09. The van der Waals surface area contributed by atoms with Gasteiger partial charge in [-0.25, -0.2) is 9.78 Å². The zero-order valence-corrected chi connectivity index (χ0v) is 23.4. The van der Waals surface area contributed by atoms with Gasteiger partial charge >= 0.3 is 11.9 Å². The number of nitrogens with zero attached hydrogens (tertiary/aromatic N) is 3. The smallest absolute Gasteiger partial charge is 0.417 e. The number of aryl methyl sites for hydroxylation is 1. The molecule has 0 aliphatic heterocycles. The molecule has 0 atom stereocenters. The highest BCUT2D eigenvalue weighted by Crippen LogP contribution is 2.41. The summed E-state index contributed by atoms with van der Waals surface area (Å²) in [7, 11) is 0. The first-order valence-electron chi connectivity index (χ1n) is 12.3. The van der Waals surface area contributed by atoms with E-state index < -0.39 is 23.0 Å². The number of ether oxygens (including phenoxy) is 1. The summed E-state index contributed by atoms with van der Waals surface area (Å²) >= 11 is 6.00. The van der Waals surface area contributed by atoms with Crippen molar-refractivity contribution in [1.82, 2.24) is 19.9 Å². The fourth-order valence-electron chi connectivity index (χ4n) is 4.01. The van der Waals surface area contributed by atoms with Crippen LogP contribution in [0, 0.1) is 18.8 Å². The summed E-state index contributed by atoms with van der Waals surface area (Å²) in [5.41, 5.74) is 0.812. The Hall–Kier alpha value is -4.65. The third-order valence-electron chi connectivity index (χ3n) is 5.86. The zero-order valence-electron chi connectivity index (χ0n) is 21.9. The molecule has 0 aliphatic rings. The molecule has 42 heavy (non-hydrogen) atoms. The van der Waals surface area contributed by atoms with Crippen molar-refractivity contribution in [3.63, 3.8) is 0 Å². The highest BCUT2D eigenvalue weighted by atomic mass is 35.5. The van der Waals surface area contributed by atoms with Crippen LogP contribution in [-0.2, 0) is 12.8 Å². The van der Waals surface area contributed by atoms with Crippen molar-refractivity contribution in [1.29, 1.82) is 0 Å². The molecule has 0 saturated carbocycles. The molecule has 11 heteroatoms. The number of rotatable bonds is 5. The number of nitrogens with one attached hydrogen (secondary N) is 1. The lowest BCUT2D eigenvalue weighted by Crippen LogP contribution is -2.17. The average molecular weight is 609 g/mol. The average Bonchev–Trinajstić information content (AvgIpc) is 2.94. The summed E-state index contributed by atoms with van der Waals surface area (Å²) in [5, 5.41) is 0.571. The first-order chi connectivity index (χ1) is 19.7. The highest BCUT2D eigenvalue weighted by molar-refractivity contribution is 6.30. The molecule has 2 heterocycles. The molecule has 0 saturated heterocycles. The van der Waals surface area contributed by atoms with E-state index in [1.807, 2.05) is 6.07 Å². The molecule has 3 aromatic carbocycles. The Kier molecular flexibility index (Phi) is 9.31. The molecule has 0 fully saturated rings. The van der Waals surface area contributed by atoms with Gasteiger partial charge < -0.3 is 4.74 Å². The molecule has 0 unspecified atom stereocenters. The Morgan fingerprint density at radius 3 is 2.31 bits per heavy atom. The predicted octanol–water partition coefficient (Wildman–Crippen LogP) is 7.28. The minimum absolute atomic E-state index is 0. The molecule has 0 spiro atoms. The van der Waals surface area contributed by atoms with Gasteiger partial charge in [-0.15, -0.1) is 12.4 Å². The van der Waals surface area contributed by atoms with Gasteiger partial charge in [0.1, 0.15) is 18.2 Å². The molecule has 2 aromatic heterocycles. The lowest BCUT2D eigenvalue weighted by molar-refractivity contribution is -0.137. The Labute approximate surface area is 250 Å². The molecule has 0 aliphatic carbocycles. The van der Waals surface area contributed by atoms with Crippen LogP contribution in [0.15, 0.2) is 89.7 Å². The van der Waals surface area contributed by atoms with Crippen molar-refractivity contribution in [3.05, 3.63) is 129 Å². The van der Waals surface area contributed by atoms with Crippen molar-refractivity contribution in [2.24, 2.45) is 0 Å². The Balaban J connectivity index is 0.00000405. The molecule has 212 valence electrons. The van der Waals surface area contributed by atoms with Crippen LogP contribution in [-0.4, -0.2) is 19.9 Å². The van der Waals surface area contributed by atoms with Gasteiger partial charge in [0, 0.05) is 27.4 Å². The summed E-state index contributed by atoms with van der Waals surface area (Å²) < 4.78 is 48.0. The van der Waals surface area contributed by atoms with E-state index in [1.54, 1.807) is 67.6 Å². The fourth-order valence-corrected chi connectivity index (χ4v) is 4.20. The number of aromatic nitrogens is 4. The van der Waals surface area contributed by atoms with Crippen LogP contribution in [0.1, 0.15) is 28.1 Å². The van der Waals surface area contributed by atoms with Crippen molar-refractivity contribution < 1.29 is 17.9 Å². The number of benzene rings is 3. The van der Waals surface area contributed by atoms with Crippen molar-refractivity contribution in [3.8, 4) is 40.4 Å². The van der Waals surface area contributed by atoms with Crippen molar-refractivity contribution in [2.75, 3.05) is 0 Å². The van der Waals surface area contributed by atoms with Gasteiger partial charge in [0.25, 0.3) is 0 Å². The van der Waals surface area contributed by atoms with E-state index in [0.29, 0.717) is 21.8 Å².